The van der Waals surface area contributed by atoms with Crippen LogP contribution in [0.1, 0.15) is 125 Å². The second kappa shape index (κ2) is 17.2. The van der Waals surface area contributed by atoms with E-state index in [-0.39, 0.29) is 24.3 Å². The van der Waals surface area contributed by atoms with Crippen molar-refractivity contribution in [1.82, 2.24) is 20.0 Å². The third kappa shape index (κ3) is 9.20. The summed E-state index contributed by atoms with van der Waals surface area (Å²) in [6, 6.07) is 11.6. The largest absolute Gasteiger partial charge is 0.393 e. The van der Waals surface area contributed by atoms with E-state index in [1.807, 2.05) is 19.1 Å². The molecule has 3 saturated carbocycles. The number of carbonyl (C=O) groups is 3. The Morgan fingerprint density at radius 2 is 1.69 bits per heavy atom. The van der Waals surface area contributed by atoms with Gasteiger partial charge in [0, 0.05) is 59.1 Å². The van der Waals surface area contributed by atoms with Crippen molar-refractivity contribution in [3.8, 4) is 0 Å². The molecule has 58 heavy (non-hydrogen) atoms. The van der Waals surface area contributed by atoms with Crippen molar-refractivity contribution >= 4 is 52.8 Å². The van der Waals surface area contributed by atoms with Gasteiger partial charge in [-0.3, -0.25) is 24.4 Å². The highest BCUT2D eigenvalue weighted by atomic mass is 32.2. The number of fused-ring (bicyclic) bond motifs is 2. The van der Waals surface area contributed by atoms with Crippen molar-refractivity contribution in [3.05, 3.63) is 65.1 Å². The standard InChI is InChI=1S/C38H44FN7O4S.C6H12O/c1-22-18-26(3-6-31(22)41-36-40-21-29-33(44-36)43-35(49)38(29)14-15-38)51-45-24-8-12-37(50,13-9-24)20-23-10-16-46(17-11-23)25-2-4-27(30(39)19-25)28-5-7-32(47)42-34(28)48;7-6-4-2-1-3-5-6/h2-4,6,18-19,21,23-24,28,45,50H,5,7-17,20H2,1H3,(H,42,47,48)(H2,40,41,43,44,49);6-7H,1-5H2. The van der Waals surface area contributed by atoms with E-state index in [0.717, 1.165) is 111 Å². The number of piperidine rings is 2. The lowest BCUT2D eigenvalue weighted by Gasteiger charge is -2.41. The fraction of sp³-hybridized carbons (Fsp3) is 0.568. The Morgan fingerprint density at radius 1 is 0.931 bits per heavy atom. The van der Waals surface area contributed by atoms with E-state index in [0.29, 0.717) is 35.7 Å². The van der Waals surface area contributed by atoms with Crippen LogP contribution in [0.15, 0.2) is 47.5 Å². The van der Waals surface area contributed by atoms with Gasteiger partial charge in [0.1, 0.15) is 11.6 Å². The molecule has 14 heteroatoms. The van der Waals surface area contributed by atoms with E-state index < -0.39 is 28.7 Å². The van der Waals surface area contributed by atoms with Crippen LogP contribution < -0.4 is 25.6 Å². The number of amides is 3. The average molecular weight is 814 g/mol. The second-order valence-corrected chi connectivity index (χ2v) is 18.4. The smallest absolute Gasteiger partial charge is 0.236 e. The van der Waals surface area contributed by atoms with Crippen LogP contribution in [0.2, 0.25) is 0 Å². The number of carbonyl (C=O) groups excluding carboxylic acids is 3. The van der Waals surface area contributed by atoms with Gasteiger partial charge in [0.2, 0.25) is 23.7 Å². The van der Waals surface area contributed by atoms with Crippen LogP contribution in [0.4, 0.5) is 27.5 Å². The third-order valence-corrected chi connectivity index (χ3v) is 14.2. The van der Waals surface area contributed by atoms with Crippen molar-refractivity contribution in [2.24, 2.45) is 5.92 Å². The Morgan fingerprint density at radius 3 is 2.34 bits per heavy atom. The summed E-state index contributed by atoms with van der Waals surface area (Å²) in [5.41, 5.74) is 2.98. The minimum Gasteiger partial charge on any atom is -0.393 e. The molecule has 0 radical (unpaired) electrons. The Kier molecular flexibility index (Phi) is 12.1. The van der Waals surface area contributed by atoms with E-state index in [1.54, 1.807) is 24.2 Å². The number of nitrogens with one attached hydrogen (secondary N) is 4. The lowest BCUT2D eigenvalue weighted by molar-refractivity contribution is -0.134. The highest BCUT2D eigenvalue weighted by Crippen LogP contribution is 2.54. The summed E-state index contributed by atoms with van der Waals surface area (Å²) in [5.74, 6) is -0.252. The molecule has 1 unspecified atom stereocenters. The summed E-state index contributed by atoms with van der Waals surface area (Å²) in [5, 5.41) is 29.0. The van der Waals surface area contributed by atoms with E-state index >= 15 is 4.39 Å². The van der Waals surface area contributed by atoms with Crippen molar-refractivity contribution < 1.29 is 29.0 Å². The predicted molar refractivity (Wildman–Crippen MR) is 222 cm³/mol. The Hall–Kier alpha value is -4.11. The van der Waals surface area contributed by atoms with Gasteiger partial charge in [-0.05, 0) is 138 Å². The molecule has 5 fully saturated rings. The fourth-order valence-corrected chi connectivity index (χ4v) is 10.4. The summed E-state index contributed by atoms with van der Waals surface area (Å²) < 4.78 is 18.7. The molecule has 310 valence electrons. The molecule has 2 saturated heterocycles. The van der Waals surface area contributed by atoms with Gasteiger partial charge in [0.25, 0.3) is 0 Å². The van der Waals surface area contributed by atoms with Gasteiger partial charge < -0.3 is 25.7 Å². The summed E-state index contributed by atoms with van der Waals surface area (Å²) in [6.45, 7) is 3.64. The SMILES string of the molecule is Cc1cc(SNC2CCC(O)(CC3CCN(c4ccc(C5CCC(=O)NC5=O)c(F)c4)CC3)CC2)ccc1Nc1ncc2c(n1)NC(=O)C21CC1.OC1CCCCC1. The predicted octanol–water partition coefficient (Wildman–Crippen LogP) is 7.06. The first-order chi connectivity index (χ1) is 28.0. The Balaban J connectivity index is 0.000000608. The quantitative estimate of drug-likeness (QED) is 0.0967. The van der Waals surface area contributed by atoms with Crippen LogP contribution in [0.3, 0.4) is 0 Å². The molecule has 6 aliphatic rings. The molecule has 3 aliphatic heterocycles. The van der Waals surface area contributed by atoms with Crippen molar-refractivity contribution in [2.75, 3.05) is 28.6 Å². The fourth-order valence-electron chi connectivity index (χ4n) is 9.45. The monoisotopic (exact) mass is 813 g/mol. The van der Waals surface area contributed by atoms with Gasteiger partial charge in [-0.1, -0.05) is 25.3 Å². The van der Waals surface area contributed by atoms with Crippen molar-refractivity contribution in [3.63, 3.8) is 0 Å². The number of hydrogen-bond donors (Lipinski definition) is 6. The second-order valence-electron chi connectivity index (χ2n) is 17.4. The number of anilines is 4. The van der Waals surface area contributed by atoms with Crippen LogP contribution in [0, 0.1) is 18.7 Å². The molecule has 9 rings (SSSR count). The van der Waals surface area contributed by atoms with Gasteiger partial charge in [-0.25, -0.2) is 9.37 Å². The van der Waals surface area contributed by atoms with Crippen molar-refractivity contribution in [1.29, 1.82) is 0 Å². The number of imide groups is 1. The lowest BCUT2D eigenvalue weighted by Crippen LogP contribution is -2.43. The number of aliphatic hydroxyl groups excluding tert-OH is 1. The lowest BCUT2D eigenvalue weighted by atomic mass is 9.75. The van der Waals surface area contributed by atoms with Crippen LogP contribution in [0.25, 0.3) is 0 Å². The first kappa shape index (κ1) is 40.7. The zero-order chi connectivity index (χ0) is 40.4. The summed E-state index contributed by atoms with van der Waals surface area (Å²) >= 11 is 1.62. The Labute approximate surface area is 344 Å². The van der Waals surface area contributed by atoms with E-state index in [2.05, 4.69) is 47.7 Å². The highest BCUT2D eigenvalue weighted by Gasteiger charge is 2.57. The van der Waals surface area contributed by atoms with Crippen LogP contribution in [-0.2, 0) is 19.8 Å². The van der Waals surface area contributed by atoms with Crippen molar-refractivity contribution in [2.45, 2.75) is 144 Å². The molecule has 1 aromatic heterocycles. The van der Waals surface area contributed by atoms with Gasteiger partial charge >= 0.3 is 0 Å². The number of aryl methyl sites for hydroxylation is 1. The summed E-state index contributed by atoms with van der Waals surface area (Å²) in [7, 11) is 0. The normalized spacial score (nSPS) is 25.7. The molecule has 1 spiro atoms. The van der Waals surface area contributed by atoms with E-state index in [9.17, 15) is 19.5 Å². The van der Waals surface area contributed by atoms with Crippen LogP contribution >= 0.6 is 11.9 Å². The van der Waals surface area contributed by atoms with Gasteiger partial charge in [-0.2, -0.15) is 4.98 Å². The van der Waals surface area contributed by atoms with Gasteiger partial charge in [-0.15, -0.1) is 0 Å². The maximum atomic E-state index is 15.1. The molecule has 3 aliphatic carbocycles. The number of aliphatic hydroxyl groups is 2. The number of rotatable bonds is 9. The first-order valence-corrected chi connectivity index (χ1v) is 22.1. The third-order valence-electron chi connectivity index (χ3n) is 13.2. The maximum Gasteiger partial charge on any atom is 0.236 e. The molecule has 6 N–H and O–H groups in total. The zero-order valence-corrected chi connectivity index (χ0v) is 34.1. The molecule has 4 heterocycles. The van der Waals surface area contributed by atoms with E-state index in [1.165, 1.54) is 25.3 Å². The first-order valence-electron chi connectivity index (χ1n) is 21.2. The number of halogens is 1. The molecule has 2 aromatic carbocycles. The molecular formula is C44H56FN7O5S. The molecule has 1 atom stereocenters. The number of benzene rings is 2. The molecular weight excluding hydrogens is 758 g/mol. The van der Waals surface area contributed by atoms with Crippen LogP contribution in [-0.4, -0.2) is 68.7 Å². The topological polar surface area (TPSA) is 169 Å². The number of nitrogens with zero attached hydrogens (tertiary/aromatic N) is 3. The zero-order valence-electron chi connectivity index (χ0n) is 33.3. The maximum absolute atomic E-state index is 15.1. The minimum atomic E-state index is -0.656. The Bertz CT molecular complexity index is 2010. The van der Waals surface area contributed by atoms with Crippen LogP contribution in [0.5, 0.6) is 0 Å². The average Bonchev–Trinajstić information content (AvgIpc) is 3.97. The molecule has 0 bridgehead atoms. The van der Waals surface area contributed by atoms with Gasteiger partial charge in [0.15, 0.2) is 0 Å². The summed E-state index contributed by atoms with van der Waals surface area (Å²) in [6.07, 6.45) is 16.0. The van der Waals surface area contributed by atoms with E-state index in [4.69, 9.17) is 5.11 Å². The van der Waals surface area contributed by atoms with Gasteiger partial charge in [0.05, 0.1) is 23.0 Å². The number of aromatic nitrogens is 2. The molecule has 12 nitrogen and oxygen atoms in total. The highest BCUT2D eigenvalue weighted by molar-refractivity contribution is 7.97. The molecule has 3 amide bonds. The minimum absolute atomic E-state index is 0.0304. The summed E-state index contributed by atoms with van der Waals surface area (Å²) in [4.78, 5) is 48.4. The number of hydrogen-bond acceptors (Lipinski definition) is 11. The molecule has 3 aromatic rings.